The monoisotopic (exact) mass is 572 g/mol. The number of para-hydroxylation sites is 2. The first-order valence-corrected chi connectivity index (χ1v) is 14.2. The molecule has 1 heterocycles. The third kappa shape index (κ3) is 8.99. The van der Waals surface area contributed by atoms with Crippen LogP contribution in [0.3, 0.4) is 0 Å². The van der Waals surface area contributed by atoms with Crippen LogP contribution in [0.25, 0.3) is 0 Å². The lowest BCUT2D eigenvalue weighted by atomic mass is 9.99. The Morgan fingerprint density at radius 3 is 2.31 bits per heavy atom. The molecule has 222 valence electrons. The number of aliphatic hydroxyl groups is 1. The van der Waals surface area contributed by atoms with Crippen molar-refractivity contribution in [2.45, 2.75) is 50.8 Å². The van der Waals surface area contributed by atoms with E-state index in [1.54, 1.807) is 24.3 Å². The molecule has 42 heavy (non-hydrogen) atoms. The van der Waals surface area contributed by atoms with Crippen molar-refractivity contribution in [2.24, 2.45) is 0 Å². The van der Waals surface area contributed by atoms with Crippen LogP contribution in [-0.2, 0) is 25.7 Å². The first kappa shape index (κ1) is 30.9. The number of nitrogens with one attached hydrogen (secondary N) is 2. The van der Waals surface area contributed by atoms with Crippen molar-refractivity contribution in [3.63, 3.8) is 0 Å². The Bertz CT molecular complexity index is 1330. The smallest absolute Gasteiger partial charge is 0.224 e. The van der Waals surface area contributed by atoms with Crippen molar-refractivity contribution in [1.82, 2.24) is 4.90 Å². The summed E-state index contributed by atoms with van der Waals surface area (Å²) in [5.41, 5.74) is 10.3. The Balaban J connectivity index is 1.32. The van der Waals surface area contributed by atoms with Crippen molar-refractivity contribution in [2.75, 3.05) is 36.5 Å². The number of nitrogen functional groups attached to an aromatic ring is 1. The molecule has 1 fully saturated rings. The van der Waals surface area contributed by atoms with Crippen molar-refractivity contribution < 1.29 is 24.2 Å². The highest BCUT2D eigenvalue weighted by Gasteiger charge is 2.32. The normalized spacial score (nSPS) is 18.4. The molecule has 2 amide bonds. The predicted molar refractivity (Wildman–Crippen MR) is 165 cm³/mol. The summed E-state index contributed by atoms with van der Waals surface area (Å²) < 4.78 is 12.8. The van der Waals surface area contributed by atoms with Gasteiger partial charge >= 0.3 is 0 Å². The molecule has 0 spiro atoms. The topological polar surface area (TPSA) is 126 Å². The molecule has 3 aromatic carbocycles. The van der Waals surface area contributed by atoms with E-state index in [2.05, 4.69) is 22.1 Å². The Labute approximate surface area is 247 Å². The van der Waals surface area contributed by atoms with Crippen LogP contribution in [0, 0.1) is 0 Å². The van der Waals surface area contributed by atoms with E-state index in [-0.39, 0.29) is 43.5 Å². The summed E-state index contributed by atoms with van der Waals surface area (Å²) in [6.45, 7) is 5.30. The zero-order valence-corrected chi connectivity index (χ0v) is 24.0. The highest BCUT2D eigenvalue weighted by Crippen LogP contribution is 2.38. The van der Waals surface area contributed by atoms with Gasteiger partial charge in [-0.3, -0.25) is 9.59 Å². The highest BCUT2D eigenvalue weighted by atomic mass is 16.7. The van der Waals surface area contributed by atoms with E-state index >= 15 is 0 Å². The standard InChI is InChI=1S/C33H40N4O5/c1-3-19-37(2)21-27-20-30(24-13-11-23(22-38)12-14-24)42-33(41-27)25-15-17-26(18-16-25)35-31(39)9-6-10-32(40)36-29-8-5-4-7-28(29)34/h3-5,7-8,11-18,27,30,33,38H,1,6,9-10,19-22,34H2,2H3,(H,35,39)(H,36,40)/t27-,30+,33+/m1/s1. The SMILES string of the molecule is C=CCN(C)C[C@H]1C[C@@H](c2ccc(CO)cc2)O[C@@H](c2ccc(NC(=O)CCCC(=O)Nc3ccccc3N)cc2)O1. The first-order chi connectivity index (χ1) is 20.3. The molecule has 0 saturated carbocycles. The van der Waals surface area contributed by atoms with Crippen LogP contribution in [0.2, 0.25) is 0 Å². The Morgan fingerprint density at radius 1 is 0.976 bits per heavy atom. The number of hydrogen-bond acceptors (Lipinski definition) is 7. The van der Waals surface area contributed by atoms with Crippen molar-refractivity contribution in [3.05, 3.63) is 102 Å². The first-order valence-electron chi connectivity index (χ1n) is 14.2. The Hall–Kier alpha value is -4.02. The summed E-state index contributed by atoms with van der Waals surface area (Å²) in [6.07, 6.45) is 2.58. The number of likely N-dealkylation sites (N-methyl/N-ethyl adjacent to an activating group) is 1. The second-order valence-corrected chi connectivity index (χ2v) is 10.5. The summed E-state index contributed by atoms with van der Waals surface area (Å²) in [5, 5.41) is 15.1. The zero-order valence-electron chi connectivity index (χ0n) is 24.0. The van der Waals surface area contributed by atoms with E-state index in [0.717, 1.165) is 29.8 Å². The van der Waals surface area contributed by atoms with Crippen molar-refractivity contribution in [3.8, 4) is 0 Å². The number of carbonyl (C=O) groups is 2. The van der Waals surface area contributed by atoms with Gasteiger partial charge in [0.2, 0.25) is 11.8 Å². The molecule has 0 radical (unpaired) electrons. The summed E-state index contributed by atoms with van der Waals surface area (Å²) >= 11 is 0. The number of aliphatic hydroxyl groups excluding tert-OH is 1. The molecule has 9 nitrogen and oxygen atoms in total. The molecular weight excluding hydrogens is 532 g/mol. The minimum Gasteiger partial charge on any atom is -0.397 e. The highest BCUT2D eigenvalue weighted by molar-refractivity contribution is 5.94. The van der Waals surface area contributed by atoms with E-state index < -0.39 is 6.29 Å². The van der Waals surface area contributed by atoms with Gasteiger partial charge < -0.3 is 35.8 Å². The van der Waals surface area contributed by atoms with Gasteiger partial charge in [-0.2, -0.15) is 0 Å². The number of hydrogen-bond donors (Lipinski definition) is 4. The van der Waals surface area contributed by atoms with Crippen LogP contribution in [0.4, 0.5) is 17.1 Å². The largest absolute Gasteiger partial charge is 0.397 e. The summed E-state index contributed by atoms with van der Waals surface area (Å²) in [7, 11) is 2.03. The number of nitrogens with zero attached hydrogens (tertiary/aromatic N) is 1. The predicted octanol–water partition coefficient (Wildman–Crippen LogP) is 5.17. The number of anilines is 3. The number of nitrogens with two attached hydrogens (primary N) is 1. The summed E-state index contributed by atoms with van der Waals surface area (Å²) in [5.74, 6) is -0.356. The third-order valence-electron chi connectivity index (χ3n) is 7.08. The maximum Gasteiger partial charge on any atom is 0.224 e. The zero-order chi connectivity index (χ0) is 29.9. The lowest BCUT2D eigenvalue weighted by Crippen LogP contribution is -2.37. The fraction of sp³-hybridized carbons (Fsp3) is 0.333. The van der Waals surface area contributed by atoms with Crippen LogP contribution in [-0.4, -0.2) is 48.1 Å². The van der Waals surface area contributed by atoms with Gasteiger partial charge in [0, 0.05) is 43.6 Å². The Morgan fingerprint density at radius 2 is 1.64 bits per heavy atom. The molecule has 0 aliphatic carbocycles. The van der Waals surface area contributed by atoms with Crippen molar-refractivity contribution >= 4 is 28.9 Å². The van der Waals surface area contributed by atoms with Crippen LogP contribution < -0.4 is 16.4 Å². The molecule has 9 heteroatoms. The molecule has 0 unspecified atom stereocenters. The second kappa shape index (κ2) is 15.3. The number of rotatable bonds is 13. The van der Waals surface area contributed by atoms with E-state index in [9.17, 15) is 14.7 Å². The summed E-state index contributed by atoms with van der Waals surface area (Å²) in [6, 6.07) is 22.3. The molecule has 1 aliphatic rings. The lowest BCUT2D eigenvalue weighted by Gasteiger charge is -2.37. The molecule has 0 aromatic heterocycles. The fourth-order valence-electron chi connectivity index (χ4n) is 4.86. The number of ether oxygens (including phenoxy) is 2. The Kier molecular flexibility index (Phi) is 11.2. The van der Waals surface area contributed by atoms with Crippen LogP contribution in [0.15, 0.2) is 85.5 Å². The van der Waals surface area contributed by atoms with E-state index in [0.29, 0.717) is 29.9 Å². The molecular formula is C33H40N4O5. The maximum atomic E-state index is 12.5. The van der Waals surface area contributed by atoms with Gasteiger partial charge in [-0.05, 0) is 48.9 Å². The van der Waals surface area contributed by atoms with Crippen molar-refractivity contribution in [1.29, 1.82) is 0 Å². The van der Waals surface area contributed by atoms with E-state index in [4.69, 9.17) is 15.2 Å². The lowest BCUT2D eigenvalue weighted by molar-refractivity contribution is -0.252. The molecule has 3 atom stereocenters. The van der Waals surface area contributed by atoms with Gasteiger partial charge in [-0.25, -0.2) is 0 Å². The van der Waals surface area contributed by atoms with E-state index in [1.165, 1.54) is 0 Å². The number of benzene rings is 3. The van der Waals surface area contributed by atoms with Gasteiger partial charge in [0.15, 0.2) is 6.29 Å². The van der Waals surface area contributed by atoms with Crippen LogP contribution in [0.5, 0.6) is 0 Å². The van der Waals surface area contributed by atoms with Gasteiger partial charge in [-0.1, -0.05) is 54.6 Å². The second-order valence-electron chi connectivity index (χ2n) is 10.5. The third-order valence-corrected chi connectivity index (χ3v) is 7.08. The molecule has 3 aromatic rings. The average Bonchev–Trinajstić information content (AvgIpc) is 2.98. The molecule has 5 N–H and O–H groups in total. The molecule has 1 saturated heterocycles. The minimum absolute atomic E-state index is 0.00541. The van der Waals surface area contributed by atoms with E-state index in [1.807, 2.05) is 61.7 Å². The average molecular weight is 573 g/mol. The molecule has 1 aliphatic heterocycles. The summed E-state index contributed by atoms with van der Waals surface area (Å²) in [4.78, 5) is 26.9. The molecule has 0 bridgehead atoms. The maximum absolute atomic E-state index is 12.5. The van der Waals surface area contributed by atoms with Gasteiger partial charge in [0.25, 0.3) is 0 Å². The number of amides is 2. The fourth-order valence-corrected chi connectivity index (χ4v) is 4.86. The van der Waals surface area contributed by atoms with Crippen LogP contribution >= 0.6 is 0 Å². The number of carbonyl (C=O) groups excluding carboxylic acids is 2. The molecule has 4 rings (SSSR count). The minimum atomic E-state index is -0.578. The van der Waals surface area contributed by atoms with Gasteiger partial charge in [-0.15, -0.1) is 6.58 Å². The quantitative estimate of drug-likeness (QED) is 0.164. The van der Waals surface area contributed by atoms with Crippen LogP contribution in [0.1, 0.15) is 54.8 Å². The van der Waals surface area contributed by atoms with Gasteiger partial charge in [0.1, 0.15) is 0 Å². The van der Waals surface area contributed by atoms with Gasteiger partial charge in [0.05, 0.1) is 30.2 Å².